The molecule has 4 aromatic rings. The van der Waals surface area contributed by atoms with Crippen LogP contribution in [0.1, 0.15) is 27.8 Å². The van der Waals surface area contributed by atoms with Crippen molar-refractivity contribution in [2.45, 2.75) is 18.5 Å². The molecule has 7 nitrogen and oxygen atoms in total. The number of ether oxygens (including phenoxy) is 2. The van der Waals surface area contributed by atoms with Gasteiger partial charge in [-0.15, -0.1) is 0 Å². The number of carbonyl (C=O) groups is 1. The number of imidazole rings is 1. The third-order valence-corrected chi connectivity index (χ3v) is 5.18. The maximum Gasteiger partial charge on any atom is 0.195 e. The first kappa shape index (κ1) is 18.5. The fourth-order valence-electron chi connectivity index (χ4n) is 3.70. The maximum atomic E-state index is 13.3. The molecule has 0 spiro atoms. The number of pyridine rings is 1. The quantitative estimate of drug-likeness (QED) is 0.532. The standard InChI is InChI=1S/C23H17N3O4/c24-11-15-10-16(12-26-18-9-5-4-8-17(18)25-22(15)26)20(28)21-19(27)13-29-23(30-21)14-6-2-1-3-7-14/h1-10,12,19,21,23,27H,13H2/t19-,21-,23-/m1/s1. The van der Waals surface area contributed by atoms with E-state index in [1.807, 2.05) is 54.6 Å². The first-order valence-electron chi connectivity index (χ1n) is 9.51. The predicted octanol–water partition coefficient (Wildman–Crippen LogP) is 3.02. The zero-order valence-corrected chi connectivity index (χ0v) is 15.8. The molecule has 0 amide bonds. The zero-order chi connectivity index (χ0) is 20.7. The highest BCUT2D eigenvalue weighted by Gasteiger charge is 2.37. The number of nitrogens with zero attached hydrogens (tertiary/aromatic N) is 3. The molecule has 2 aromatic heterocycles. The lowest BCUT2D eigenvalue weighted by Crippen LogP contribution is -2.45. The number of aliphatic hydroxyl groups excluding tert-OH is 1. The Hall–Kier alpha value is -3.57. The molecule has 7 heteroatoms. The van der Waals surface area contributed by atoms with Crippen LogP contribution in [0, 0.1) is 11.3 Å². The van der Waals surface area contributed by atoms with E-state index in [-0.39, 0.29) is 17.7 Å². The summed E-state index contributed by atoms with van der Waals surface area (Å²) in [4.78, 5) is 17.8. The number of hydrogen-bond acceptors (Lipinski definition) is 6. The Bertz CT molecular complexity index is 1290. The average Bonchev–Trinajstić information content (AvgIpc) is 3.17. The van der Waals surface area contributed by atoms with Gasteiger partial charge >= 0.3 is 0 Å². The normalized spacial score (nSPS) is 21.5. The van der Waals surface area contributed by atoms with E-state index >= 15 is 0 Å². The first-order valence-corrected chi connectivity index (χ1v) is 9.51. The van der Waals surface area contributed by atoms with Gasteiger partial charge in [0, 0.05) is 17.3 Å². The number of carbonyl (C=O) groups excluding carboxylic acids is 1. The summed E-state index contributed by atoms with van der Waals surface area (Å²) in [5.74, 6) is -0.414. The highest BCUT2D eigenvalue weighted by atomic mass is 16.7. The second-order valence-corrected chi connectivity index (χ2v) is 7.11. The Kier molecular flexibility index (Phi) is 4.52. The van der Waals surface area contributed by atoms with E-state index in [9.17, 15) is 15.2 Å². The van der Waals surface area contributed by atoms with Crippen molar-refractivity contribution in [3.05, 3.63) is 83.6 Å². The van der Waals surface area contributed by atoms with Crippen LogP contribution in [0.2, 0.25) is 0 Å². The summed E-state index contributed by atoms with van der Waals surface area (Å²) in [5.41, 5.74) is 3.29. The molecule has 0 saturated carbocycles. The van der Waals surface area contributed by atoms with Gasteiger partial charge in [-0.05, 0) is 18.2 Å². The van der Waals surface area contributed by atoms with Gasteiger partial charge in [0.25, 0.3) is 0 Å². The predicted molar refractivity (Wildman–Crippen MR) is 108 cm³/mol. The van der Waals surface area contributed by atoms with Gasteiger partial charge in [0.15, 0.2) is 23.8 Å². The highest BCUT2D eigenvalue weighted by molar-refractivity contribution is 6.01. The number of para-hydroxylation sites is 2. The summed E-state index contributed by atoms with van der Waals surface area (Å²) in [5, 5.41) is 20.0. The van der Waals surface area contributed by atoms with E-state index in [1.54, 1.807) is 10.6 Å². The number of rotatable bonds is 3. The second-order valence-electron chi connectivity index (χ2n) is 7.11. The summed E-state index contributed by atoms with van der Waals surface area (Å²) in [6.07, 6.45) is -1.34. The third kappa shape index (κ3) is 3.04. The Labute approximate surface area is 171 Å². The summed E-state index contributed by atoms with van der Waals surface area (Å²) in [7, 11) is 0. The molecule has 148 valence electrons. The summed E-state index contributed by atoms with van der Waals surface area (Å²) in [6.45, 7) is -0.0304. The van der Waals surface area contributed by atoms with E-state index < -0.39 is 24.3 Å². The smallest absolute Gasteiger partial charge is 0.195 e. The number of fused-ring (bicyclic) bond motifs is 3. The molecule has 3 atom stereocenters. The van der Waals surface area contributed by atoms with Crippen LogP contribution in [0.5, 0.6) is 0 Å². The minimum absolute atomic E-state index is 0.0304. The molecular weight excluding hydrogens is 382 g/mol. The Morgan fingerprint density at radius 3 is 2.73 bits per heavy atom. The molecule has 1 fully saturated rings. The van der Waals surface area contributed by atoms with E-state index in [0.717, 1.165) is 16.6 Å². The zero-order valence-electron chi connectivity index (χ0n) is 15.8. The topological polar surface area (TPSA) is 96.9 Å². The first-order chi connectivity index (χ1) is 14.7. The number of benzene rings is 2. The van der Waals surface area contributed by atoms with E-state index in [4.69, 9.17) is 9.47 Å². The van der Waals surface area contributed by atoms with E-state index in [1.165, 1.54) is 6.07 Å². The number of Topliss-reactive ketones (excluding diaryl/α,β-unsaturated/α-hetero) is 1. The van der Waals surface area contributed by atoms with Crippen LogP contribution in [-0.2, 0) is 9.47 Å². The van der Waals surface area contributed by atoms with Crippen molar-refractivity contribution >= 4 is 22.5 Å². The lowest BCUT2D eigenvalue weighted by Gasteiger charge is -2.33. The Balaban J connectivity index is 1.55. The average molecular weight is 399 g/mol. The molecule has 3 heterocycles. The molecule has 5 rings (SSSR count). The minimum atomic E-state index is -1.11. The van der Waals surface area contributed by atoms with Crippen LogP contribution in [0.15, 0.2) is 66.9 Å². The summed E-state index contributed by atoms with van der Waals surface area (Å²) < 4.78 is 13.1. The van der Waals surface area contributed by atoms with Crippen LogP contribution in [0.4, 0.5) is 0 Å². The molecule has 0 radical (unpaired) electrons. The van der Waals surface area contributed by atoms with Crippen LogP contribution in [-0.4, -0.2) is 39.1 Å². The molecule has 1 saturated heterocycles. The van der Waals surface area contributed by atoms with E-state index in [0.29, 0.717) is 5.65 Å². The Morgan fingerprint density at radius 2 is 1.93 bits per heavy atom. The van der Waals surface area contributed by atoms with Gasteiger partial charge in [0.1, 0.15) is 12.2 Å². The number of aromatic nitrogens is 2. The number of hydrogen-bond donors (Lipinski definition) is 1. The van der Waals surface area contributed by atoms with Gasteiger partial charge in [-0.2, -0.15) is 5.26 Å². The number of aliphatic hydroxyl groups is 1. The fraction of sp³-hybridized carbons (Fsp3) is 0.174. The van der Waals surface area contributed by atoms with Crippen LogP contribution in [0.3, 0.4) is 0 Å². The maximum absolute atomic E-state index is 13.3. The van der Waals surface area contributed by atoms with Gasteiger partial charge in [-0.1, -0.05) is 42.5 Å². The van der Waals surface area contributed by atoms with Crippen LogP contribution in [0.25, 0.3) is 16.7 Å². The van der Waals surface area contributed by atoms with Crippen molar-refractivity contribution in [3.63, 3.8) is 0 Å². The van der Waals surface area contributed by atoms with Gasteiger partial charge in [0.05, 0.1) is 23.2 Å². The SMILES string of the molecule is N#Cc1cc(C(=O)[C@@H]2O[C@H](c3ccccc3)OC[C@H]2O)cn2c1nc1ccccc12. The van der Waals surface area contributed by atoms with Gasteiger partial charge < -0.3 is 14.6 Å². The van der Waals surface area contributed by atoms with Crippen molar-refractivity contribution in [3.8, 4) is 6.07 Å². The molecule has 1 aliphatic heterocycles. The molecule has 0 unspecified atom stereocenters. The molecular formula is C23H17N3O4. The van der Waals surface area contributed by atoms with E-state index in [2.05, 4.69) is 11.1 Å². The molecule has 0 bridgehead atoms. The lowest BCUT2D eigenvalue weighted by molar-refractivity contribution is -0.242. The van der Waals surface area contributed by atoms with Crippen molar-refractivity contribution in [1.29, 1.82) is 5.26 Å². The van der Waals surface area contributed by atoms with Gasteiger partial charge in [-0.25, -0.2) is 4.98 Å². The van der Waals surface area contributed by atoms with Crippen molar-refractivity contribution in [2.75, 3.05) is 6.61 Å². The summed E-state index contributed by atoms with van der Waals surface area (Å²) in [6, 6.07) is 20.3. The van der Waals surface area contributed by atoms with Crippen molar-refractivity contribution in [1.82, 2.24) is 9.38 Å². The fourth-order valence-corrected chi connectivity index (χ4v) is 3.70. The van der Waals surface area contributed by atoms with Gasteiger partial charge in [0.2, 0.25) is 0 Å². The summed E-state index contributed by atoms with van der Waals surface area (Å²) >= 11 is 0. The number of ketones is 1. The molecule has 1 aliphatic rings. The molecule has 0 aliphatic carbocycles. The van der Waals surface area contributed by atoms with Gasteiger partial charge in [-0.3, -0.25) is 9.20 Å². The largest absolute Gasteiger partial charge is 0.387 e. The minimum Gasteiger partial charge on any atom is -0.387 e. The van der Waals surface area contributed by atoms with Crippen LogP contribution >= 0.6 is 0 Å². The molecule has 2 aromatic carbocycles. The third-order valence-electron chi connectivity index (χ3n) is 5.18. The monoisotopic (exact) mass is 399 g/mol. The second kappa shape index (κ2) is 7.35. The number of nitriles is 1. The lowest BCUT2D eigenvalue weighted by atomic mass is 10.0. The van der Waals surface area contributed by atoms with Crippen molar-refractivity contribution in [2.24, 2.45) is 0 Å². The van der Waals surface area contributed by atoms with Crippen LogP contribution < -0.4 is 0 Å². The highest BCUT2D eigenvalue weighted by Crippen LogP contribution is 2.29. The molecule has 1 N–H and O–H groups in total. The molecule has 30 heavy (non-hydrogen) atoms. The van der Waals surface area contributed by atoms with Crippen molar-refractivity contribution < 1.29 is 19.4 Å². The Morgan fingerprint density at radius 1 is 1.17 bits per heavy atom.